The van der Waals surface area contributed by atoms with Crippen LogP contribution in [0.5, 0.6) is 0 Å². The third-order valence-electron chi connectivity index (χ3n) is 7.23. The maximum atomic E-state index is 13.1. The zero-order valence-electron chi connectivity index (χ0n) is 18.1. The fraction of sp³-hybridized carbons (Fsp3) is 0.609. The predicted molar refractivity (Wildman–Crippen MR) is 128 cm³/mol. The van der Waals surface area contributed by atoms with Crippen LogP contribution in [0.25, 0.3) is 0 Å². The molecule has 6 nitrogen and oxygen atoms in total. The Balaban J connectivity index is 1.37. The number of halogens is 2. The number of thioether (sulfide) groups is 1. The van der Waals surface area contributed by atoms with Crippen LogP contribution >= 0.6 is 35.0 Å². The van der Waals surface area contributed by atoms with E-state index in [2.05, 4.69) is 16.2 Å². The van der Waals surface area contributed by atoms with Gasteiger partial charge in [-0.2, -0.15) is 11.8 Å². The Morgan fingerprint density at radius 1 is 1.06 bits per heavy atom. The van der Waals surface area contributed by atoms with E-state index < -0.39 is 17.9 Å². The second kappa shape index (κ2) is 9.82. The molecule has 5 rings (SSSR count). The summed E-state index contributed by atoms with van der Waals surface area (Å²) in [6.45, 7) is 0. The standard InChI is InChI=1S/C23H29Cl2N3O3S/c1-32-5-4-19(26-20(29)17-3-2-16(24)9-18(17)25)21(30)27-28-22(31)23-10-13-6-14(11-23)8-15(7-13)12-23/h2-3,9,13-15,19H,4-8,10-12H2,1H3,(H,26,29)(H,27,30)(H,28,31). The molecule has 0 saturated heterocycles. The van der Waals surface area contributed by atoms with Crippen LogP contribution in [0.3, 0.4) is 0 Å². The fourth-order valence-corrected chi connectivity index (χ4v) is 7.11. The van der Waals surface area contributed by atoms with Crippen molar-refractivity contribution >= 4 is 52.7 Å². The van der Waals surface area contributed by atoms with Gasteiger partial charge in [-0.3, -0.25) is 25.2 Å². The number of nitrogens with one attached hydrogen (secondary N) is 3. The van der Waals surface area contributed by atoms with Crippen molar-refractivity contribution in [3.05, 3.63) is 33.8 Å². The van der Waals surface area contributed by atoms with Crippen LogP contribution in [-0.2, 0) is 9.59 Å². The molecule has 0 heterocycles. The number of amides is 3. The highest BCUT2D eigenvalue weighted by Gasteiger charge is 2.54. The molecule has 4 saturated carbocycles. The van der Waals surface area contributed by atoms with Gasteiger partial charge < -0.3 is 5.32 Å². The van der Waals surface area contributed by atoms with E-state index in [0.29, 0.717) is 35.0 Å². The average molecular weight is 498 g/mol. The highest BCUT2D eigenvalue weighted by Crippen LogP contribution is 2.60. The molecule has 32 heavy (non-hydrogen) atoms. The SMILES string of the molecule is CSCCC(NC(=O)c1ccc(Cl)cc1Cl)C(=O)NNC(=O)C12CC3CC(CC(C3)C1)C2. The van der Waals surface area contributed by atoms with Crippen LogP contribution in [0.15, 0.2) is 18.2 Å². The van der Waals surface area contributed by atoms with E-state index in [1.165, 1.54) is 31.4 Å². The molecule has 4 fully saturated rings. The van der Waals surface area contributed by atoms with Gasteiger partial charge in [0.1, 0.15) is 6.04 Å². The molecule has 0 aromatic heterocycles. The molecule has 4 aliphatic rings. The van der Waals surface area contributed by atoms with E-state index >= 15 is 0 Å². The van der Waals surface area contributed by atoms with Crippen LogP contribution in [0.4, 0.5) is 0 Å². The molecule has 1 unspecified atom stereocenters. The van der Waals surface area contributed by atoms with Crippen LogP contribution in [0.2, 0.25) is 10.0 Å². The third-order valence-corrected chi connectivity index (χ3v) is 8.42. The Morgan fingerprint density at radius 2 is 1.69 bits per heavy atom. The number of hydrazine groups is 1. The average Bonchev–Trinajstić information content (AvgIpc) is 2.73. The zero-order chi connectivity index (χ0) is 22.9. The maximum absolute atomic E-state index is 13.1. The van der Waals surface area contributed by atoms with E-state index in [1.807, 2.05) is 6.26 Å². The van der Waals surface area contributed by atoms with Gasteiger partial charge in [0.15, 0.2) is 0 Å². The Morgan fingerprint density at radius 3 is 2.25 bits per heavy atom. The minimum Gasteiger partial charge on any atom is -0.340 e. The van der Waals surface area contributed by atoms with E-state index in [1.54, 1.807) is 17.8 Å². The van der Waals surface area contributed by atoms with Crippen LogP contribution in [-0.4, -0.2) is 35.8 Å². The second-order valence-electron chi connectivity index (χ2n) is 9.57. The van der Waals surface area contributed by atoms with E-state index in [-0.39, 0.29) is 21.9 Å². The minimum atomic E-state index is -0.793. The molecular formula is C23H29Cl2N3O3S. The molecule has 0 spiro atoms. The number of carbonyl (C=O) groups is 3. The normalized spacial score (nSPS) is 28.8. The fourth-order valence-electron chi connectivity index (χ4n) is 6.14. The third kappa shape index (κ3) is 5.05. The Hall–Kier alpha value is -1.44. The number of benzene rings is 1. The summed E-state index contributed by atoms with van der Waals surface area (Å²) >= 11 is 13.6. The van der Waals surface area contributed by atoms with Crippen molar-refractivity contribution in [2.45, 2.75) is 51.0 Å². The molecule has 4 aliphatic carbocycles. The molecule has 4 bridgehead atoms. The van der Waals surface area contributed by atoms with Crippen molar-refractivity contribution in [2.75, 3.05) is 12.0 Å². The number of hydrogen-bond donors (Lipinski definition) is 3. The molecule has 174 valence electrons. The molecule has 3 amide bonds. The zero-order valence-corrected chi connectivity index (χ0v) is 20.4. The highest BCUT2D eigenvalue weighted by atomic mass is 35.5. The van der Waals surface area contributed by atoms with Crippen molar-refractivity contribution in [2.24, 2.45) is 23.2 Å². The van der Waals surface area contributed by atoms with E-state index in [0.717, 1.165) is 19.3 Å². The van der Waals surface area contributed by atoms with Gasteiger partial charge in [-0.05, 0) is 92.9 Å². The molecule has 1 atom stereocenters. The number of carbonyl (C=O) groups excluding carboxylic acids is 3. The molecule has 1 aromatic carbocycles. The summed E-state index contributed by atoms with van der Waals surface area (Å²) in [4.78, 5) is 38.7. The molecule has 1 aromatic rings. The monoisotopic (exact) mass is 497 g/mol. The first-order valence-electron chi connectivity index (χ1n) is 11.1. The van der Waals surface area contributed by atoms with Gasteiger partial charge in [-0.25, -0.2) is 0 Å². The van der Waals surface area contributed by atoms with Crippen molar-refractivity contribution in [3.63, 3.8) is 0 Å². The van der Waals surface area contributed by atoms with Gasteiger partial charge in [0, 0.05) is 5.02 Å². The first kappa shape index (κ1) is 23.7. The number of rotatable bonds is 7. The van der Waals surface area contributed by atoms with Gasteiger partial charge >= 0.3 is 0 Å². The summed E-state index contributed by atoms with van der Waals surface area (Å²) in [6.07, 6.45) is 8.85. The molecule has 3 N–H and O–H groups in total. The highest BCUT2D eigenvalue weighted by molar-refractivity contribution is 7.98. The lowest BCUT2D eigenvalue weighted by Crippen LogP contribution is -2.59. The quantitative estimate of drug-likeness (QED) is 0.492. The number of hydrogen-bond acceptors (Lipinski definition) is 4. The lowest BCUT2D eigenvalue weighted by molar-refractivity contribution is -0.149. The topological polar surface area (TPSA) is 87.3 Å². The van der Waals surface area contributed by atoms with Gasteiger partial charge in [0.05, 0.1) is 16.0 Å². The van der Waals surface area contributed by atoms with Gasteiger partial charge in [0.2, 0.25) is 5.91 Å². The lowest BCUT2D eigenvalue weighted by atomic mass is 9.49. The first-order valence-corrected chi connectivity index (χ1v) is 13.3. The van der Waals surface area contributed by atoms with E-state index in [9.17, 15) is 14.4 Å². The van der Waals surface area contributed by atoms with Gasteiger partial charge in [0.25, 0.3) is 11.8 Å². The van der Waals surface area contributed by atoms with Crippen molar-refractivity contribution in [1.29, 1.82) is 0 Å². The van der Waals surface area contributed by atoms with Crippen LogP contribution in [0.1, 0.15) is 55.3 Å². The summed E-state index contributed by atoms with van der Waals surface area (Å²) < 4.78 is 0. The van der Waals surface area contributed by atoms with Crippen molar-refractivity contribution in [1.82, 2.24) is 16.2 Å². The summed E-state index contributed by atoms with van der Waals surface area (Å²) in [7, 11) is 0. The van der Waals surface area contributed by atoms with Crippen LogP contribution < -0.4 is 16.2 Å². The van der Waals surface area contributed by atoms with E-state index in [4.69, 9.17) is 23.2 Å². The Bertz CT molecular complexity index is 875. The maximum Gasteiger partial charge on any atom is 0.260 e. The molecule has 0 aliphatic heterocycles. The minimum absolute atomic E-state index is 0.0827. The van der Waals surface area contributed by atoms with Crippen molar-refractivity contribution in [3.8, 4) is 0 Å². The Labute approximate surface area is 202 Å². The second-order valence-corrected chi connectivity index (χ2v) is 11.4. The molecule has 0 radical (unpaired) electrons. The smallest absolute Gasteiger partial charge is 0.260 e. The first-order chi connectivity index (χ1) is 15.3. The summed E-state index contributed by atoms with van der Waals surface area (Å²) in [5, 5.41) is 3.39. The summed E-state index contributed by atoms with van der Waals surface area (Å²) in [5.74, 6) is 1.62. The van der Waals surface area contributed by atoms with Crippen LogP contribution in [0, 0.1) is 23.2 Å². The summed E-state index contributed by atoms with van der Waals surface area (Å²) in [5.41, 5.74) is 5.16. The predicted octanol–water partition coefficient (Wildman–Crippen LogP) is 4.21. The van der Waals surface area contributed by atoms with Gasteiger partial charge in [-0.15, -0.1) is 0 Å². The lowest BCUT2D eigenvalue weighted by Gasteiger charge is -2.55. The molecule has 9 heteroatoms. The largest absolute Gasteiger partial charge is 0.340 e. The van der Waals surface area contributed by atoms with Crippen molar-refractivity contribution < 1.29 is 14.4 Å². The summed E-state index contributed by atoms with van der Waals surface area (Å²) in [6, 6.07) is 3.79. The van der Waals surface area contributed by atoms with Gasteiger partial charge in [-0.1, -0.05) is 23.2 Å². The Kier molecular flexibility index (Phi) is 7.27. The molecular weight excluding hydrogens is 469 g/mol.